The highest BCUT2D eigenvalue weighted by molar-refractivity contribution is 5.90. The molecule has 20 heavy (non-hydrogen) atoms. The number of methoxy groups -OCH3 is 1. The summed E-state index contributed by atoms with van der Waals surface area (Å²) in [6, 6.07) is 5.84. The molecule has 110 valence electrons. The molecule has 4 heteroatoms. The van der Waals surface area contributed by atoms with Gasteiger partial charge in [0.05, 0.1) is 7.11 Å². The van der Waals surface area contributed by atoms with Crippen LogP contribution in [0.15, 0.2) is 18.2 Å². The summed E-state index contributed by atoms with van der Waals surface area (Å²) in [6.45, 7) is 6.36. The fraction of sp³-hybridized carbons (Fsp3) is 0.562. The zero-order valence-electron chi connectivity index (χ0n) is 12.4. The van der Waals surface area contributed by atoms with Crippen LogP contribution in [0.1, 0.15) is 42.6 Å². The number of carboxylic acids is 1. The summed E-state index contributed by atoms with van der Waals surface area (Å²) >= 11 is 0. The molecule has 1 aliphatic carbocycles. The molecule has 0 aliphatic heterocycles. The molecule has 1 fully saturated rings. The van der Waals surface area contributed by atoms with Gasteiger partial charge in [-0.15, -0.1) is 0 Å². The number of benzene rings is 1. The monoisotopic (exact) mass is 277 g/mol. The molecule has 0 unspecified atom stereocenters. The molecule has 0 amide bonds. The van der Waals surface area contributed by atoms with Crippen LogP contribution in [0.25, 0.3) is 0 Å². The number of hydrogen-bond donors (Lipinski definition) is 1. The summed E-state index contributed by atoms with van der Waals surface area (Å²) in [5, 5.41) is 9.09. The van der Waals surface area contributed by atoms with Crippen LogP contribution in [0.3, 0.4) is 0 Å². The summed E-state index contributed by atoms with van der Waals surface area (Å²) in [5.74, 6) is 0.329. The summed E-state index contributed by atoms with van der Waals surface area (Å²) in [5.41, 5.74) is 1.32. The highest BCUT2D eigenvalue weighted by atomic mass is 16.5. The van der Waals surface area contributed by atoms with E-state index in [4.69, 9.17) is 9.84 Å². The van der Waals surface area contributed by atoms with Crippen molar-refractivity contribution in [2.75, 3.05) is 13.7 Å². The maximum absolute atomic E-state index is 11.1. The lowest BCUT2D eigenvalue weighted by Gasteiger charge is -2.26. The van der Waals surface area contributed by atoms with Crippen molar-refractivity contribution in [3.8, 4) is 5.75 Å². The molecule has 1 N–H and O–H groups in total. The van der Waals surface area contributed by atoms with Gasteiger partial charge >= 0.3 is 5.97 Å². The molecule has 0 saturated heterocycles. The number of carbonyl (C=O) groups is 1. The number of ether oxygens (including phenoxy) is 1. The van der Waals surface area contributed by atoms with E-state index in [0.29, 0.717) is 11.8 Å². The molecule has 0 bridgehead atoms. The minimum Gasteiger partial charge on any atom is -0.496 e. The van der Waals surface area contributed by atoms with Gasteiger partial charge in [0.1, 0.15) is 11.3 Å². The zero-order valence-corrected chi connectivity index (χ0v) is 12.4. The standard InChI is InChI=1S/C16H23NO3/c1-11(2)17(9-12-4-5-12)10-13-6-7-14(16(18)19)15(8-13)20-3/h6-8,11-12H,4-5,9-10H2,1-3H3,(H,18,19). The van der Waals surface area contributed by atoms with Crippen molar-refractivity contribution < 1.29 is 14.6 Å². The predicted octanol–water partition coefficient (Wildman–Crippen LogP) is 3.01. The molecule has 0 spiro atoms. The summed E-state index contributed by atoms with van der Waals surface area (Å²) in [7, 11) is 1.51. The minimum absolute atomic E-state index is 0.217. The van der Waals surface area contributed by atoms with Crippen molar-refractivity contribution in [3.63, 3.8) is 0 Å². The number of nitrogens with zero attached hydrogens (tertiary/aromatic N) is 1. The van der Waals surface area contributed by atoms with E-state index in [0.717, 1.165) is 24.6 Å². The SMILES string of the molecule is COc1cc(CN(CC2CC2)C(C)C)ccc1C(=O)O. The lowest BCUT2D eigenvalue weighted by atomic mass is 10.1. The Morgan fingerprint density at radius 1 is 1.45 bits per heavy atom. The lowest BCUT2D eigenvalue weighted by Crippen LogP contribution is -2.32. The number of carboxylic acid groups (broad SMARTS) is 1. The Hall–Kier alpha value is -1.55. The average Bonchev–Trinajstić information content (AvgIpc) is 3.21. The van der Waals surface area contributed by atoms with Crippen LogP contribution in [-0.4, -0.2) is 35.7 Å². The first-order valence-electron chi connectivity index (χ1n) is 7.15. The normalized spacial score (nSPS) is 14.8. The van der Waals surface area contributed by atoms with Crippen molar-refractivity contribution >= 4 is 5.97 Å². The quantitative estimate of drug-likeness (QED) is 0.832. The molecule has 1 saturated carbocycles. The second-order valence-corrected chi connectivity index (χ2v) is 5.81. The van der Waals surface area contributed by atoms with E-state index >= 15 is 0 Å². The molecule has 0 radical (unpaired) electrons. The van der Waals surface area contributed by atoms with E-state index in [9.17, 15) is 4.79 Å². The lowest BCUT2D eigenvalue weighted by molar-refractivity contribution is 0.0693. The van der Waals surface area contributed by atoms with Gasteiger partial charge in [0.25, 0.3) is 0 Å². The molecule has 2 rings (SSSR count). The molecule has 4 nitrogen and oxygen atoms in total. The van der Waals surface area contributed by atoms with Crippen LogP contribution in [0.2, 0.25) is 0 Å². The Morgan fingerprint density at radius 2 is 2.15 bits per heavy atom. The van der Waals surface area contributed by atoms with Crippen molar-refractivity contribution in [2.45, 2.75) is 39.3 Å². The first kappa shape index (κ1) is 14.9. The number of hydrogen-bond acceptors (Lipinski definition) is 3. The van der Waals surface area contributed by atoms with Gasteiger partial charge in [-0.25, -0.2) is 4.79 Å². The Morgan fingerprint density at radius 3 is 2.65 bits per heavy atom. The van der Waals surface area contributed by atoms with Crippen LogP contribution in [-0.2, 0) is 6.54 Å². The second kappa shape index (κ2) is 6.27. The van der Waals surface area contributed by atoms with E-state index in [2.05, 4.69) is 18.7 Å². The van der Waals surface area contributed by atoms with Crippen LogP contribution in [0, 0.1) is 5.92 Å². The summed E-state index contributed by atoms with van der Waals surface area (Å²) in [4.78, 5) is 13.5. The fourth-order valence-electron chi connectivity index (χ4n) is 2.34. The molecule has 0 heterocycles. The average molecular weight is 277 g/mol. The van der Waals surface area contributed by atoms with Gasteiger partial charge in [-0.3, -0.25) is 4.90 Å². The Labute approximate surface area is 120 Å². The molecule has 1 aromatic carbocycles. The summed E-state index contributed by atoms with van der Waals surface area (Å²) < 4.78 is 5.18. The first-order chi connectivity index (χ1) is 9.51. The Kier molecular flexibility index (Phi) is 4.65. The van der Waals surface area contributed by atoms with Crippen molar-refractivity contribution in [1.82, 2.24) is 4.90 Å². The maximum atomic E-state index is 11.1. The van der Waals surface area contributed by atoms with E-state index in [-0.39, 0.29) is 5.56 Å². The maximum Gasteiger partial charge on any atom is 0.339 e. The smallest absolute Gasteiger partial charge is 0.339 e. The second-order valence-electron chi connectivity index (χ2n) is 5.81. The molecule has 0 aromatic heterocycles. The Bertz CT molecular complexity index is 481. The van der Waals surface area contributed by atoms with Crippen LogP contribution >= 0.6 is 0 Å². The van der Waals surface area contributed by atoms with Crippen molar-refractivity contribution in [2.24, 2.45) is 5.92 Å². The first-order valence-corrected chi connectivity index (χ1v) is 7.15. The van der Waals surface area contributed by atoms with Gasteiger partial charge in [-0.05, 0) is 50.3 Å². The highest BCUT2D eigenvalue weighted by Gasteiger charge is 2.25. The van der Waals surface area contributed by atoms with E-state index in [1.807, 2.05) is 12.1 Å². The number of rotatable bonds is 7. The van der Waals surface area contributed by atoms with Gasteiger partial charge in [-0.1, -0.05) is 6.07 Å². The number of aromatic carboxylic acids is 1. The van der Waals surface area contributed by atoms with Crippen molar-refractivity contribution in [1.29, 1.82) is 0 Å². The third kappa shape index (κ3) is 3.73. The summed E-state index contributed by atoms with van der Waals surface area (Å²) in [6.07, 6.45) is 2.68. The predicted molar refractivity (Wildman–Crippen MR) is 78.2 cm³/mol. The third-order valence-corrected chi connectivity index (χ3v) is 3.80. The molecule has 1 aliphatic rings. The van der Waals surface area contributed by atoms with Gasteiger partial charge in [-0.2, -0.15) is 0 Å². The van der Waals surface area contributed by atoms with Crippen LogP contribution in [0.5, 0.6) is 5.75 Å². The van der Waals surface area contributed by atoms with Gasteiger partial charge in [0, 0.05) is 19.1 Å². The van der Waals surface area contributed by atoms with Gasteiger partial charge < -0.3 is 9.84 Å². The van der Waals surface area contributed by atoms with Gasteiger partial charge in [0.15, 0.2) is 0 Å². The molecule has 1 aromatic rings. The fourth-order valence-corrected chi connectivity index (χ4v) is 2.34. The zero-order chi connectivity index (χ0) is 14.7. The van der Waals surface area contributed by atoms with Crippen LogP contribution < -0.4 is 4.74 Å². The minimum atomic E-state index is -0.952. The highest BCUT2D eigenvalue weighted by Crippen LogP contribution is 2.31. The van der Waals surface area contributed by atoms with Crippen LogP contribution in [0.4, 0.5) is 0 Å². The Balaban J connectivity index is 2.12. The van der Waals surface area contributed by atoms with E-state index in [1.54, 1.807) is 6.07 Å². The molecular weight excluding hydrogens is 254 g/mol. The topological polar surface area (TPSA) is 49.8 Å². The largest absolute Gasteiger partial charge is 0.496 e. The van der Waals surface area contributed by atoms with E-state index < -0.39 is 5.97 Å². The molecular formula is C16H23NO3. The van der Waals surface area contributed by atoms with E-state index in [1.165, 1.54) is 20.0 Å². The van der Waals surface area contributed by atoms with Gasteiger partial charge in [0.2, 0.25) is 0 Å². The molecule has 0 atom stereocenters. The third-order valence-electron chi connectivity index (χ3n) is 3.80. The van der Waals surface area contributed by atoms with Crippen molar-refractivity contribution in [3.05, 3.63) is 29.3 Å².